The average molecular weight is 190 g/mol. The maximum absolute atomic E-state index is 12.9. The van der Waals surface area contributed by atoms with Gasteiger partial charge >= 0.3 is 0 Å². The van der Waals surface area contributed by atoms with Crippen LogP contribution in [0.25, 0.3) is 6.08 Å². The van der Waals surface area contributed by atoms with E-state index >= 15 is 0 Å². The molecule has 0 nitrogen and oxygen atoms in total. The highest BCUT2D eigenvalue weighted by Gasteiger charge is 2.08. The van der Waals surface area contributed by atoms with Crippen LogP contribution in [0.5, 0.6) is 0 Å². The van der Waals surface area contributed by atoms with Gasteiger partial charge in [0.05, 0.1) is 5.56 Å². The standard InChI is InChI=1S/C9H6F4/c1-5-2-7(10)6(4-9(12)13)8(11)3-5/h2-4H,1H3. The van der Waals surface area contributed by atoms with Crippen molar-refractivity contribution < 1.29 is 17.6 Å². The first kappa shape index (κ1) is 9.77. The molecule has 0 aromatic heterocycles. The quantitative estimate of drug-likeness (QED) is 0.594. The molecule has 0 amide bonds. The summed E-state index contributed by atoms with van der Waals surface area (Å²) in [5.41, 5.74) is -0.350. The topological polar surface area (TPSA) is 0 Å². The molecule has 13 heavy (non-hydrogen) atoms. The fraction of sp³-hybridized carbons (Fsp3) is 0.111. The Kier molecular flexibility index (Phi) is 2.70. The zero-order valence-electron chi connectivity index (χ0n) is 6.74. The Hall–Kier alpha value is -1.32. The summed E-state index contributed by atoms with van der Waals surface area (Å²) >= 11 is 0. The highest BCUT2D eigenvalue weighted by Crippen LogP contribution is 2.18. The first-order valence-corrected chi connectivity index (χ1v) is 3.49. The fourth-order valence-corrected chi connectivity index (χ4v) is 0.958. The molecule has 0 unspecified atom stereocenters. The van der Waals surface area contributed by atoms with Gasteiger partial charge in [-0.3, -0.25) is 0 Å². The summed E-state index contributed by atoms with van der Waals surface area (Å²) in [5, 5.41) is 0. The molecular formula is C9H6F4. The van der Waals surface area contributed by atoms with Gasteiger partial charge in [0.2, 0.25) is 0 Å². The molecule has 1 aromatic carbocycles. The van der Waals surface area contributed by atoms with Crippen molar-refractivity contribution in [1.29, 1.82) is 0 Å². The van der Waals surface area contributed by atoms with E-state index < -0.39 is 23.3 Å². The maximum Gasteiger partial charge on any atom is 0.271 e. The number of hydrogen-bond acceptors (Lipinski definition) is 0. The maximum atomic E-state index is 12.9. The van der Waals surface area contributed by atoms with Crippen LogP contribution in [0, 0.1) is 18.6 Å². The molecule has 4 heteroatoms. The van der Waals surface area contributed by atoms with Crippen molar-refractivity contribution in [2.75, 3.05) is 0 Å². The molecule has 0 aliphatic rings. The van der Waals surface area contributed by atoms with Crippen LogP contribution < -0.4 is 0 Å². The van der Waals surface area contributed by atoms with Crippen molar-refractivity contribution >= 4 is 6.08 Å². The largest absolute Gasteiger partial charge is 0.271 e. The molecule has 0 heterocycles. The SMILES string of the molecule is Cc1cc(F)c(C=C(F)F)c(F)c1. The van der Waals surface area contributed by atoms with E-state index in [0.717, 1.165) is 12.1 Å². The van der Waals surface area contributed by atoms with Gasteiger partial charge in [0.15, 0.2) is 0 Å². The number of rotatable bonds is 1. The number of benzene rings is 1. The average Bonchev–Trinajstić information content (AvgIpc) is 1.96. The van der Waals surface area contributed by atoms with Crippen molar-refractivity contribution in [3.8, 4) is 0 Å². The Morgan fingerprint density at radius 1 is 1.15 bits per heavy atom. The summed E-state index contributed by atoms with van der Waals surface area (Å²) in [4.78, 5) is 0. The normalized spacial score (nSPS) is 9.92. The van der Waals surface area contributed by atoms with Gasteiger partial charge in [-0.15, -0.1) is 0 Å². The molecule has 0 atom stereocenters. The summed E-state index contributed by atoms with van der Waals surface area (Å²) in [7, 11) is 0. The lowest BCUT2D eigenvalue weighted by Crippen LogP contribution is -1.90. The summed E-state index contributed by atoms with van der Waals surface area (Å²) < 4.78 is 49.1. The third-order valence-corrected chi connectivity index (χ3v) is 1.48. The molecule has 0 aliphatic heterocycles. The first-order chi connectivity index (χ1) is 6.00. The van der Waals surface area contributed by atoms with E-state index in [1.807, 2.05) is 0 Å². The van der Waals surface area contributed by atoms with Gasteiger partial charge in [-0.2, -0.15) is 8.78 Å². The second kappa shape index (κ2) is 3.60. The minimum Gasteiger partial charge on any atom is -0.206 e. The Bertz CT molecular complexity index is 328. The van der Waals surface area contributed by atoms with Crippen LogP contribution in [-0.4, -0.2) is 0 Å². The van der Waals surface area contributed by atoms with E-state index in [1.54, 1.807) is 0 Å². The van der Waals surface area contributed by atoms with E-state index in [2.05, 4.69) is 0 Å². The Morgan fingerprint density at radius 2 is 1.62 bits per heavy atom. The summed E-state index contributed by atoms with van der Waals surface area (Å²) in [6.07, 6.45) is -1.95. The van der Waals surface area contributed by atoms with Gasteiger partial charge in [-0.25, -0.2) is 8.78 Å². The molecule has 0 saturated heterocycles. The van der Waals surface area contributed by atoms with Gasteiger partial charge < -0.3 is 0 Å². The second-order valence-corrected chi connectivity index (χ2v) is 2.58. The predicted molar refractivity (Wildman–Crippen MR) is 41.3 cm³/mol. The Balaban J connectivity index is 3.29. The van der Waals surface area contributed by atoms with Gasteiger partial charge in [-0.1, -0.05) is 0 Å². The summed E-state index contributed by atoms with van der Waals surface area (Å²) in [6.45, 7) is 1.48. The molecule has 0 fully saturated rings. The fourth-order valence-electron chi connectivity index (χ4n) is 0.958. The third kappa shape index (κ3) is 2.31. The lowest BCUT2D eigenvalue weighted by atomic mass is 10.1. The molecule has 1 rings (SSSR count). The van der Waals surface area contributed by atoms with Gasteiger partial charge in [0, 0.05) is 6.08 Å². The van der Waals surface area contributed by atoms with Crippen LogP contribution in [0.1, 0.15) is 11.1 Å². The molecule has 0 aliphatic carbocycles. The smallest absolute Gasteiger partial charge is 0.206 e. The van der Waals surface area contributed by atoms with Crippen molar-refractivity contribution in [3.63, 3.8) is 0 Å². The van der Waals surface area contributed by atoms with Gasteiger partial charge in [-0.05, 0) is 24.6 Å². The van der Waals surface area contributed by atoms with Crippen LogP contribution in [0.15, 0.2) is 18.2 Å². The van der Waals surface area contributed by atoms with Crippen LogP contribution >= 0.6 is 0 Å². The van der Waals surface area contributed by atoms with Crippen molar-refractivity contribution in [2.24, 2.45) is 0 Å². The zero-order valence-corrected chi connectivity index (χ0v) is 6.74. The van der Waals surface area contributed by atoms with Crippen molar-refractivity contribution in [3.05, 3.63) is 41.0 Å². The molecule has 1 aromatic rings. The Labute approximate surface area is 72.5 Å². The summed E-state index contributed by atoms with van der Waals surface area (Å²) in [6, 6.07) is 2.00. The lowest BCUT2D eigenvalue weighted by Gasteiger charge is -2.00. The minimum atomic E-state index is -2.12. The molecule has 0 radical (unpaired) electrons. The predicted octanol–water partition coefficient (Wildman–Crippen LogP) is 3.51. The van der Waals surface area contributed by atoms with E-state index in [4.69, 9.17) is 0 Å². The molecule has 0 bridgehead atoms. The lowest BCUT2D eigenvalue weighted by molar-refractivity contribution is 0.428. The van der Waals surface area contributed by atoms with Gasteiger partial charge in [0.1, 0.15) is 11.6 Å². The highest BCUT2D eigenvalue weighted by molar-refractivity contribution is 5.52. The Morgan fingerprint density at radius 3 is 2.00 bits per heavy atom. The number of halogens is 4. The number of hydrogen-bond donors (Lipinski definition) is 0. The molecule has 0 N–H and O–H groups in total. The van der Waals surface area contributed by atoms with Crippen LogP contribution in [-0.2, 0) is 0 Å². The highest BCUT2D eigenvalue weighted by atomic mass is 19.3. The van der Waals surface area contributed by atoms with Crippen LogP contribution in [0.4, 0.5) is 17.6 Å². The van der Waals surface area contributed by atoms with E-state index in [1.165, 1.54) is 6.92 Å². The van der Waals surface area contributed by atoms with E-state index in [9.17, 15) is 17.6 Å². The van der Waals surface area contributed by atoms with E-state index in [0.29, 0.717) is 5.56 Å². The molecule has 0 saturated carbocycles. The third-order valence-electron chi connectivity index (χ3n) is 1.48. The molecular weight excluding hydrogens is 184 g/mol. The monoisotopic (exact) mass is 190 g/mol. The minimum absolute atomic E-state index is 0.171. The first-order valence-electron chi connectivity index (χ1n) is 3.49. The van der Waals surface area contributed by atoms with Gasteiger partial charge in [0.25, 0.3) is 6.08 Å². The van der Waals surface area contributed by atoms with Crippen LogP contribution in [0.2, 0.25) is 0 Å². The van der Waals surface area contributed by atoms with Crippen LogP contribution in [0.3, 0.4) is 0 Å². The van der Waals surface area contributed by atoms with Crippen molar-refractivity contribution in [1.82, 2.24) is 0 Å². The summed E-state index contributed by atoms with van der Waals surface area (Å²) in [5.74, 6) is -1.96. The zero-order chi connectivity index (χ0) is 10.0. The van der Waals surface area contributed by atoms with Crippen molar-refractivity contribution in [2.45, 2.75) is 6.92 Å². The molecule has 0 spiro atoms. The number of aryl methyl sites for hydroxylation is 1. The van der Waals surface area contributed by atoms with E-state index in [-0.39, 0.29) is 6.08 Å². The second-order valence-electron chi connectivity index (χ2n) is 2.58. The molecule has 70 valence electrons.